The quantitative estimate of drug-likeness (QED) is 0.833. The zero-order valence-electron chi connectivity index (χ0n) is 12.0. The van der Waals surface area contributed by atoms with Gasteiger partial charge in [-0.25, -0.2) is 0 Å². The van der Waals surface area contributed by atoms with Crippen LogP contribution in [-0.2, 0) is 4.79 Å². The summed E-state index contributed by atoms with van der Waals surface area (Å²) in [6, 6.07) is 0.529. The van der Waals surface area contributed by atoms with Gasteiger partial charge in [0, 0.05) is 19.1 Å². The summed E-state index contributed by atoms with van der Waals surface area (Å²) in [5.74, 6) is 1.23. The van der Waals surface area contributed by atoms with Crippen molar-refractivity contribution in [2.75, 3.05) is 19.6 Å². The lowest BCUT2D eigenvalue weighted by molar-refractivity contribution is -0.139. The number of amides is 1. The largest absolute Gasteiger partial charge is 0.339 e. The Balaban J connectivity index is 1.99. The van der Waals surface area contributed by atoms with Crippen LogP contribution in [0.2, 0.25) is 0 Å². The summed E-state index contributed by atoms with van der Waals surface area (Å²) in [4.78, 5) is 14.9. The fourth-order valence-electron chi connectivity index (χ4n) is 3.33. The number of piperidine rings is 1. The van der Waals surface area contributed by atoms with E-state index in [9.17, 15) is 4.79 Å². The van der Waals surface area contributed by atoms with Gasteiger partial charge in [-0.2, -0.15) is 0 Å². The molecule has 0 aromatic carbocycles. The van der Waals surface area contributed by atoms with E-state index in [1.165, 1.54) is 25.7 Å². The third kappa shape index (κ3) is 3.47. The predicted octanol–water partition coefficient (Wildman–Crippen LogP) is 2.41. The molecule has 18 heavy (non-hydrogen) atoms. The molecule has 2 fully saturated rings. The molecule has 0 unspecified atom stereocenters. The lowest BCUT2D eigenvalue weighted by Gasteiger charge is -2.35. The van der Waals surface area contributed by atoms with E-state index in [-0.39, 0.29) is 5.92 Å². The van der Waals surface area contributed by atoms with Crippen LogP contribution in [0.15, 0.2) is 0 Å². The minimum atomic E-state index is 0.234. The van der Waals surface area contributed by atoms with E-state index in [1.807, 2.05) is 0 Å². The number of hydrogen-bond donors (Lipinski definition) is 1. The second kappa shape index (κ2) is 6.55. The molecule has 2 rings (SSSR count). The number of nitrogens with one attached hydrogen (secondary N) is 1. The Morgan fingerprint density at radius 3 is 2.50 bits per heavy atom. The van der Waals surface area contributed by atoms with E-state index in [4.69, 9.17) is 0 Å². The van der Waals surface area contributed by atoms with Crippen molar-refractivity contribution in [1.29, 1.82) is 0 Å². The highest BCUT2D eigenvalue weighted by Gasteiger charge is 2.32. The molecule has 1 heterocycles. The summed E-state index contributed by atoms with van der Waals surface area (Å²) < 4.78 is 0. The Labute approximate surface area is 111 Å². The molecule has 0 bridgehead atoms. The third-order valence-electron chi connectivity index (χ3n) is 4.26. The van der Waals surface area contributed by atoms with Crippen LogP contribution in [0.1, 0.15) is 52.4 Å². The molecular weight excluding hydrogens is 224 g/mol. The first-order chi connectivity index (χ1) is 8.68. The van der Waals surface area contributed by atoms with Crippen molar-refractivity contribution in [2.45, 2.75) is 58.4 Å². The molecule has 0 radical (unpaired) electrons. The fraction of sp³-hybridized carbons (Fsp3) is 0.933. The van der Waals surface area contributed by atoms with Crippen LogP contribution in [0.4, 0.5) is 0 Å². The van der Waals surface area contributed by atoms with Gasteiger partial charge < -0.3 is 10.2 Å². The monoisotopic (exact) mass is 252 g/mol. The molecule has 0 aromatic rings. The number of nitrogens with zero attached hydrogens (tertiary/aromatic N) is 1. The lowest BCUT2D eigenvalue weighted by Crippen LogP contribution is -2.48. The van der Waals surface area contributed by atoms with Gasteiger partial charge in [0.1, 0.15) is 0 Å². The van der Waals surface area contributed by atoms with Crippen LogP contribution < -0.4 is 5.32 Å². The number of rotatable bonds is 4. The Bertz CT molecular complexity index is 266. The maximum absolute atomic E-state index is 12.7. The van der Waals surface area contributed by atoms with Crippen LogP contribution in [0.5, 0.6) is 0 Å². The SMILES string of the molecule is CC(C)CN(C(=O)[C@@H]1CCCNC1)C1CCCC1. The Hall–Kier alpha value is -0.570. The van der Waals surface area contributed by atoms with Crippen LogP contribution in [-0.4, -0.2) is 36.5 Å². The molecule has 3 nitrogen and oxygen atoms in total. The summed E-state index contributed by atoms with van der Waals surface area (Å²) in [6.07, 6.45) is 7.27. The molecule has 2 aliphatic rings. The second-order valence-electron chi connectivity index (χ2n) is 6.37. The molecule has 1 aliphatic heterocycles. The maximum Gasteiger partial charge on any atom is 0.227 e. The Kier molecular flexibility index (Phi) is 5.04. The van der Waals surface area contributed by atoms with Gasteiger partial charge in [0.2, 0.25) is 5.91 Å². The molecule has 1 saturated carbocycles. The van der Waals surface area contributed by atoms with Gasteiger partial charge in [0.15, 0.2) is 0 Å². The number of hydrogen-bond acceptors (Lipinski definition) is 2. The highest BCUT2D eigenvalue weighted by molar-refractivity contribution is 5.79. The summed E-state index contributed by atoms with van der Waals surface area (Å²) in [6.45, 7) is 7.35. The summed E-state index contributed by atoms with van der Waals surface area (Å²) in [7, 11) is 0. The van der Waals surface area contributed by atoms with Crippen LogP contribution >= 0.6 is 0 Å². The molecule has 1 atom stereocenters. The smallest absolute Gasteiger partial charge is 0.227 e. The van der Waals surface area contributed by atoms with Crippen molar-refractivity contribution in [3.05, 3.63) is 0 Å². The molecular formula is C15H28N2O. The molecule has 1 saturated heterocycles. The first-order valence-corrected chi connectivity index (χ1v) is 7.69. The van der Waals surface area contributed by atoms with Crippen molar-refractivity contribution < 1.29 is 4.79 Å². The Morgan fingerprint density at radius 2 is 1.94 bits per heavy atom. The van der Waals surface area contributed by atoms with Gasteiger partial charge in [0.05, 0.1) is 5.92 Å². The Morgan fingerprint density at radius 1 is 1.22 bits per heavy atom. The molecule has 0 aromatic heterocycles. The third-order valence-corrected chi connectivity index (χ3v) is 4.26. The summed E-state index contributed by atoms with van der Waals surface area (Å²) in [5, 5.41) is 3.37. The molecule has 1 aliphatic carbocycles. The first-order valence-electron chi connectivity index (χ1n) is 7.69. The van der Waals surface area contributed by atoms with E-state index in [2.05, 4.69) is 24.1 Å². The van der Waals surface area contributed by atoms with E-state index in [0.717, 1.165) is 32.5 Å². The maximum atomic E-state index is 12.7. The average molecular weight is 252 g/mol. The highest BCUT2D eigenvalue weighted by atomic mass is 16.2. The zero-order chi connectivity index (χ0) is 13.0. The van der Waals surface area contributed by atoms with Crippen molar-refractivity contribution in [1.82, 2.24) is 10.2 Å². The van der Waals surface area contributed by atoms with Crippen molar-refractivity contribution >= 4 is 5.91 Å². The second-order valence-corrected chi connectivity index (χ2v) is 6.37. The van der Waals surface area contributed by atoms with Crippen LogP contribution in [0.25, 0.3) is 0 Å². The standard InChI is InChI=1S/C15H28N2O/c1-12(2)11-17(14-7-3-4-8-14)15(18)13-6-5-9-16-10-13/h12-14,16H,3-11H2,1-2H3/t13-/m1/s1. The number of carbonyl (C=O) groups excluding carboxylic acids is 1. The average Bonchev–Trinajstić information content (AvgIpc) is 2.89. The van der Waals surface area contributed by atoms with Gasteiger partial charge in [-0.05, 0) is 38.1 Å². The van der Waals surface area contributed by atoms with Crippen molar-refractivity contribution in [3.63, 3.8) is 0 Å². The summed E-state index contributed by atoms with van der Waals surface area (Å²) in [5.41, 5.74) is 0. The van der Waals surface area contributed by atoms with Gasteiger partial charge in [0.25, 0.3) is 0 Å². The lowest BCUT2D eigenvalue weighted by atomic mass is 9.96. The molecule has 0 spiro atoms. The fourth-order valence-corrected chi connectivity index (χ4v) is 3.33. The normalized spacial score (nSPS) is 25.6. The van der Waals surface area contributed by atoms with E-state index in [0.29, 0.717) is 17.9 Å². The van der Waals surface area contributed by atoms with Crippen molar-refractivity contribution in [2.24, 2.45) is 11.8 Å². The topological polar surface area (TPSA) is 32.3 Å². The van der Waals surface area contributed by atoms with Gasteiger partial charge in [-0.3, -0.25) is 4.79 Å². The van der Waals surface area contributed by atoms with E-state index >= 15 is 0 Å². The van der Waals surface area contributed by atoms with Gasteiger partial charge in [-0.1, -0.05) is 26.7 Å². The minimum absolute atomic E-state index is 0.234. The predicted molar refractivity (Wildman–Crippen MR) is 74.4 cm³/mol. The molecule has 104 valence electrons. The highest BCUT2D eigenvalue weighted by Crippen LogP contribution is 2.26. The molecule has 3 heteroatoms. The van der Waals surface area contributed by atoms with Crippen LogP contribution in [0.3, 0.4) is 0 Å². The number of carbonyl (C=O) groups is 1. The zero-order valence-corrected chi connectivity index (χ0v) is 12.0. The van der Waals surface area contributed by atoms with Crippen molar-refractivity contribution in [3.8, 4) is 0 Å². The minimum Gasteiger partial charge on any atom is -0.339 e. The van der Waals surface area contributed by atoms with Gasteiger partial charge in [-0.15, -0.1) is 0 Å². The first kappa shape index (κ1) is 13.9. The molecule has 1 N–H and O–H groups in total. The van der Waals surface area contributed by atoms with Crippen LogP contribution in [0, 0.1) is 11.8 Å². The summed E-state index contributed by atoms with van der Waals surface area (Å²) >= 11 is 0. The van der Waals surface area contributed by atoms with E-state index < -0.39 is 0 Å². The van der Waals surface area contributed by atoms with E-state index in [1.54, 1.807) is 0 Å². The molecule has 1 amide bonds. The van der Waals surface area contributed by atoms with Gasteiger partial charge >= 0.3 is 0 Å².